The van der Waals surface area contributed by atoms with Crippen LogP contribution in [0, 0.1) is 0 Å². The zero-order chi connectivity index (χ0) is 20.4. The van der Waals surface area contributed by atoms with Gasteiger partial charge in [0.15, 0.2) is 0 Å². The molecule has 0 spiro atoms. The van der Waals surface area contributed by atoms with Crippen LogP contribution in [0.4, 0.5) is 5.69 Å². The first-order valence-corrected chi connectivity index (χ1v) is 11.1. The summed E-state index contributed by atoms with van der Waals surface area (Å²) in [6, 6.07) is 10.6. The van der Waals surface area contributed by atoms with Gasteiger partial charge in [-0.05, 0) is 43.4 Å². The van der Waals surface area contributed by atoms with Gasteiger partial charge in [0.05, 0.1) is 19.2 Å². The Morgan fingerprint density at radius 3 is 2.76 bits per heavy atom. The molecule has 154 valence electrons. The molecule has 2 heterocycles. The number of rotatable bonds is 9. The predicted molar refractivity (Wildman–Crippen MR) is 121 cm³/mol. The molecule has 0 saturated carbocycles. The lowest BCUT2D eigenvalue weighted by atomic mass is 10.1. The molecule has 0 radical (unpaired) electrons. The normalized spacial score (nSPS) is 12.4. The zero-order valence-electron chi connectivity index (χ0n) is 17.4. The summed E-state index contributed by atoms with van der Waals surface area (Å²) in [5, 5.41) is 9.77. The van der Waals surface area contributed by atoms with E-state index in [1.165, 1.54) is 26.3 Å². The average Bonchev–Trinajstić information content (AvgIpc) is 3.13. The molecule has 3 aromatic rings. The number of benzene rings is 2. The molecular formula is C22H29N5OS. The fourth-order valence-electron chi connectivity index (χ4n) is 3.85. The van der Waals surface area contributed by atoms with Crippen molar-refractivity contribution in [1.82, 2.24) is 14.7 Å². The average molecular weight is 412 g/mol. The highest BCUT2D eigenvalue weighted by molar-refractivity contribution is 8.00. The van der Waals surface area contributed by atoms with Gasteiger partial charge in [0, 0.05) is 46.1 Å². The van der Waals surface area contributed by atoms with Crippen LogP contribution in [0.5, 0.6) is 5.75 Å². The molecule has 29 heavy (non-hydrogen) atoms. The number of nitrogens with one attached hydrogen (secondary N) is 1. The van der Waals surface area contributed by atoms with Gasteiger partial charge in [0.2, 0.25) is 0 Å². The van der Waals surface area contributed by atoms with Crippen molar-refractivity contribution >= 4 is 28.4 Å². The number of aromatic nitrogens is 2. The molecule has 0 unspecified atom stereocenters. The number of nitrogens with zero attached hydrogens (tertiary/aromatic N) is 3. The van der Waals surface area contributed by atoms with Crippen molar-refractivity contribution in [2.75, 3.05) is 45.2 Å². The molecule has 0 aliphatic carbocycles. The van der Waals surface area contributed by atoms with Crippen LogP contribution in [0.1, 0.15) is 13.8 Å². The van der Waals surface area contributed by atoms with Crippen LogP contribution in [0.15, 0.2) is 40.1 Å². The van der Waals surface area contributed by atoms with Gasteiger partial charge >= 0.3 is 0 Å². The second-order valence-electron chi connectivity index (χ2n) is 7.11. The quantitative estimate of drug-likeness (QED) is 0.436. The van der Waals surface area contributed by atoms with E-state index in [0.29, 0.717) is 6.54 Å². The second-order valence-corrected chi connectivity index (χ2v) is 8.17. The van der Waals surface area contributed by atoms with E-state index in [2.05, 4.69) is 53.0 Å². The number of ether oxygens (including phenoxy) is 1. The maximum Gasteiger partial charge on any atom is 0.120 e. The van der Waals surface area contributed by atoms with Crippen LogP contribution in [-0.2, 0) is 6.54 Å². The summed E-state index contributed by atoms with van der Waals surface area (Å²) in [7, 11) is 1.71. The molecular weight excluding hydrogens is 382 g/mol. The van der Waals surface area contributed by atoms with E-state index in [4.69, 9.17) is 15.6 Å². The first-order valence-electron chi connectivity index (χ1n) is 10.3. The minimum absolute atomic E-state index is 0.600. The van der Waals surface area contributed by atoms with Gasteiger partial charge < -0.3 is 20.7 Å². The van der Waals surface area contributed by atoms with E-state index in [1.54, 1.807) is 18.9 Å². The Morgan fingerprint density at radius 2 is 2.03 bits per heavy atom. The zero-order valence-corrected chi connectivity index (χ0v) is 18.2. The van der Waals surface area contributed by atoms with Crippen molar-refractivity contribution < 1.29 is 4.74 Å². The van der Waals surface area contributed by atoms with E-state index in [0.717, 1.165) is 49.9 Å². The lowest BCUT2D eigenvalue weighted by Gasteiger charge is -2.19. The van der Waals surface area contributed by atoms with Crippen LogP contribution in [-0.4, -0.2) is 54.5 Å². The molecule has 4 rings (SSSR count). The Labute approximate surface area is 176 Å². The summed E-state index contributed by atoms with van der Waals surface area (Å²) >= 11 is 1.78. The van der Waals surface area contributed by atoms with E-state index < -0.39 is 0 Å². The SMILES string of the molecule is CCN(CC)CCn1nc2c3c(c(NCCN)ccc31)Sc1cc(OC)ccc1-2. The first-order chi connectivity index (χ1) is 14.2. The minimum atomic E-state index is 0.600. The van der Waals surface area contributed by atoms with E-state index in [1.807, 2.05) is 6.07 Å². The number of likely N-dealkylation sites (N-methyl/N-ethyl adjacent to an activating group) is 1. The van der Waals surface area contributed by atoms with Crippen LogP contribution in [0.2, 0.25) is 0 Å². The number of anilines is 1. The topological polar surface area (TPSA) is 68.3 Å². The van der Waals surface area contributed by atoms with Crippen molar-refractivity contribution in [1.29, 1.82) is 0 Å². The fraction of sp³-hybridized carbons (Fsp3) is 0.409. The van der Waals surface area contributed by atoms with Crippen molar-refractivity contribution in [3.8, 4) is 17.0 Å². The second kappa shape index (κ2) is 8.65. The Kier molecular flexibility index (Phi) is 5.99. The summed E-state index contributed by atoms with van der Waals surface area (Å²) < 4.78 is 7.62. The van der Waals surface area contributed by atoms with Crippen LogP contribution in [0.25, 0.3) is 22.2 Å². The third-order valence-electron chi connectivity index (χ3n) is 5.51. The Bertz CT molecular complexity index is 1010. The van der Waals surface area contributed by atoms with Gasteiger partial charge in [-0.3, -0.25) is 4.68 Å². The molecule has 2 aromatic carbocycles. The number of hydrogen-bond acceptors (Lipinski definition) is 6. The smallest absolute Gasteiger partial charge is 0.120 e. The van der Waals surface area contributed by atoms with Crippen molar-refractivity contribution in [2.45, 2.75) is 30.2 Å². The minimum Gasteiger partial charge on any atom is -0.497 e. The summed E-state index contributed by atoms with van der Waals surface area (Å²) in [6.45, 7) is 9.74. The summed E-state index contributed by atoms with van der Waals surface area (Å²) in [5.74, 6) is 0.865. The van der Waals surface area contributed by atoms with E-state index in [9.17, 15) is 0 Å². The fourth-order valence-corrected chi connectivity index (χ4v) is 5.07. The monoisotopic (exact) mass is 411 g/mol. The molecule has 6 nitrogen and oxygen atoms in total. The highest BCUT2D eigenvalue weighted by atomic mass is 32.2. The highest BCUT2D eigenvalue weighted by Gasteiger charge is 2.26. The molecule has 1 aliphatic rings. The van der Waals surface area contributed by atoms with E-state index >= 15 is 0 Å². The van der Waals surface area contributed by atoms with Crippen molar-refractivity contribution in [2.24, 2.45) is 5.73 Å². The molecule has 0 atom stereocenters. The molecule has 0 amide bonds. The van der Waals surface area contributed by atoms with Crippen LogP contribution >= 0.6 is 11.8 Å². The molecule has 1 aromatic heterocycles. The highest BCUT2D eigenvalue weighted by Crippen LogP contribution is 2.51. The molecule has 1 aliphatic heterocycles. The third kappa shape index (κ3) is 3.70. The summed E-state index contributed by atoms with van der Waals surface area (Å²) in [5.41, 5.74) is 10.3. The molecule has 0 fully saturated rings. The summed E-state index contributed by atoms with van der Waals surface area (Å²) in [6.07, 6.45) is 0. The lowest BCUT2D eigenvalue weighted by Crippen LogP contribution is -2.27. The van der Waals surface area contributed by atoms with Gasteiger partial charge in [-0.25, -0.2) is 0 Å². The Hall–Kier alpha value is -2.22. The van der Waals surface area contributed by atoms with E-state index in [-0.39, 0.29) is 0 Å². The lowest BCUT2D eigenvalue weighted by molar-refractivity contribution is 0.287. The molecule has 0 bridgehead atoms. The van der Waals surface area contributed by atoms with Crippen LogP contribution in [0.3, 0.4) is 0 Å². The van der Waals surface area contributed by atoms with Crippen LogP contribution < -0.4 is 15.8 Å². The molecule has 3 N–H and O–H groups in total. The summed E-state index contributed by atoms with van der Waals surface area (Å²) in [4.78, 5) is 4.83. The van der Waals surface area contributed by atoms with Gasteiger partial charge in [-0.15, -0.1) is 0 Å². The number of fused-ring (bicyclic) bond motifs is 2. The Morgan fingerprint density at radius 1 is 1.21 bits per heavy atom. The third-order valence-corrected chi connectivity index (χ3v) is 6.70. The largest absolute Gasteiger partial charge is 0.497 e. The van der Waals surface area contributed by atoms with Gasteiger partial charge in [0.25, 0.3) is 0 Å². The van der Waals surface area contributed by atoms with Gasteiger partial charge in [0.1, 0.15) is 11.4 Å². The van der Waals surface area contributed by atoms with Gasteiger partial charge in [-0.1, -0.05) is 25.6 Å². The Balaban J connectivity index is 1.83. The first kappa shape index (κ1) is 20.1. The number of methoxy groups -OCH3 is 1. The van der Waals surface area contributed by atoms with Gasteiger partial charge in [-0.2, -0.15) is 5.10 Å². The molecule has 0 saturated heterocycles. The molecule has 7 heteroatoms. The standard InChI is InChI=1S/C22H29N5OS/c1-4-26(5-2)12-13-27-18-9-8-17(24-11-10-23)22-20(18)21(25-27)16-7-6-15(28-3)14-19(16)29-22/h6-9,14,24H,4-5,10-13,23H2,1-3H3. The number of hydrogen-bond donors (Lipinski definition) is 2. The maximum absolute atomic E-state index is 5.73. The predicted octanol–water partition coefficient (Wildman–Crippen LogP) is 3.89. The number of nitrogens with two attached hydrogens (primary N) is 1. The van der Waals surface area contributed by atoms with Crippen molar-refractivity contribution in [3.05, 3.63) is 30.3 Å². The maximum atomic E-state index is 5.73. The van der Waals surface area contributed by atoms with Crippen molar-refractivity contribution in [3.63, 3.8) is 0 Å².